The van der Waals surface area contributed by atoms with Crippen LogP contribution in [0.4, 0.5) is 0 Å². The highest BCUT2D eigenvalue weighted by atomic mass is 14.7. The van der Waals surface area contributed by atoms with E-state index in [2.05, 4.69) is 13.8 Å². The zero-order valence-corrected chi connectivity index (χ0v) is 11.4. The number of nitrogens with two attached hydrogens (primary N) is 1. The lowest BCUT2D eigenvalue weighted by molar-refractivity contribution is 0.226. The van der Waals surface area contributed by atoms with Crippen LogP contribution in [-0.4, -0.2) is 5.54 Å². The van der Waals surface area contributed by atoms with Crippen LogP contribution in [0.2, 0.25) is 0 Å². The smallest absolute Gasteiger partial charge is 0.0154 e. The summed E-state index contributed by atoms with van der Waals surface area (Å²) in [5.41, 5.74) is 6.67. The van der Waals surface area contributed by atoms with Crippen molar-refractivity contribution in [2.75, 3.05) is 0 Å². The molecule has 0 saturated heterocycles. The lowest BCUT2D eigenvalue weighted by atomic mass is 9.75. The topological polar surface area (TPSA) is 26.0 Å². The SMILES string of the molecule is CCCCCCCCC1(N)CCC(C)CC1. The Kier molecular flexibility index (Phi) is 6.41. The van der Waals surface area contributed by atoms with E-state index in [-0.39, 0.29) is 5.54 Å². The van der Waals surface area contributed by atoms with Crippen LogP contribution in [0.15, 0.2) is 0 Å². The van der Waals surface area contributed by atoms with E-state index in [1.807, 2.05) is 0 Å². The molecule has 0 aliphatic heterocycles. The molecule has 0 spiro atoms. The van der Waals surface area contributed by atoms with Crippen LogP contribution < -0.4 is 5.73 Å². The van der Waals surface area contributed by atoms with E-state index >= 15 is 0 Å². The maximum Gasteiger partial charge on any atom is 0.0154 e. The van der Waals surface area contributed by atoms with Gasteiger partial charge in [0.05, 0.1) is 0 Å². The van der Waals surface area contributed by atoms with Crippen LogP contribution in [0, 0.1) is 5.92 Å². The van der Waals surface area contributed by atoms with Crippen molar-refractivity contribution in [3.05, 3.63) is 0 Å². The molecule has 0 aromatic heterocycles. The first-order chi connectivity index (χ1) is 7.66. The number of hydrogen-bond donors (Lipinski definition) is 1. The van der Waals surface area contributed by atoms with Gasteiger partial charge in [-0.15, -0.1) is 0 Å². The summed E-state index contributed by atoms with van der Waals surface area (Å²) in [4.78, 5) is 0. The molecule has 0 radical (unpaired) electrons. The number of unbranched alkanes of at least 4 members (excludes halogenated alkanes) is 5. The predicted octanol–water partition coefficient (Wildman–Crippen LogP) is 4.64. The van der Waals surface area contributed by atoms with Gasteiger partial charge in [-0.1, -0.05) is 52.4 Å². The highest BCUT2D eigenvalue weighted by molar-refractivity contribution is 4.88. The third-order valence-corrected chi connectivity index (χ3v) is 4.30. The van der Waals surface area contributed by atoms with E-state index in [9.17, 15) is 0 Å². The van der Waals surface area contributed by atoms with Gasteiger partial charge in [0.15, 0.2) is 0 Å². The minimum atomic E-state index is 0.206. The zero-order chi connectivity index (χ0) is 11.9. The normalized spacial score (nSPS) is 30.6. The molecule has 1 nitrogen and oxygen atoms in total. The second-order valence-electron chi connectivity index (χ2n) is 6.06. The van der Waals surface area contributed by atoms with Crippen molar-refractivity contribution >= 4 is 0 Å². The molecule has 1 heteroatoms. The molecule has 1 rings (SSSR count). The molecule has 0 heterocycles. The maximum absolute atomic E-state index is 6.46. The van der Waals surface area contributed by atoms with Crippen molar-refractivity contribution in [2.45, 2.75) is 90.0 Å². The van der Waals surface area contributed by atoms with E-state index < -0.39 is 0 Å². The average Bonchev–Trinajstić information content (AvgIpc) is 2.28. The Morgan fingerprint density at radius 2 is 1.56 bits per heavy atom. The number of rotatable bonds is 7. The lowest BCUT2D eigenvalue weighted by Crippen LogP contribution is -2.42. The van der Waals surface area contributed by atoms with Gasteiger partial charge in [0, 0.05) is 5.54 Å². The molecule has 2 N–H and O–H groups in total. The van der Waals surface area contributed by atoms with Crippen LogP contribution in [0.3, 0.4) is 0 Å². The molecule has 1 saturated carbocycles. The van der Waals surface area contributed by atoms with Gasteiger partial charge in [-0.2, -0.15) is 0 Å². The Bertz CT molecular complexity index is 168. The largest absolute Gasteiger partial charge is 0.325 e. The van der Waals surface area contributed by atoms with Gasteiger partial charge in [-0.25, -0.2) is 0 Å². The second-order valence-corrected chi connectivity index (χ2v) is 6.06. The van der Waals surface area contributed by atoms with Crippen LogP contribution in [-0.2, 0) is 0 Å². The minimum absolute atomic E-state index is 0.206. The first kappa shape index (κ1) is 14.0. The fraction of sp³-hybridized carbons (Fsp3) is 1.00. The van der Waals surface area contributed by atoms with Gasteiger partial charge >= 0.3 is 0 Å². The Morgan fingerprint density at radius 1 is 1.00 bits per heavy atom. The van der Waals surface area contributed by atoms with Gasteiger partial charge in [0.25, 0.3) is 0 Å². The Balaban J connectivity index is 2.03. The number of hydrogen-bond acceptors (Lipinski definition) is 1. The molecule has 96 valence electrons. The fourth-order valence-corrected chi connectivity index (χ4v) is 2.84. The molecular weight excluding hydrogens is 194 g/mol. The standard InChI is InChI=1S/C15H31N/c1-3-4-5-6-7-8-11-15(16)12-9-14(2)10-13-15/h14H,3-13,16H2,1-2H3. The fourth-order valence-electron chi connectivity index (χ4n) is 2.84. The summed E-state index contributed by atoms with van der Waals surface area (Å²) >= 11 is 0. The van der Waals surface area contributed by atoms with Crippen molar-refractivity contribution in [1.29, 1.82) is 0 Å². The molecule has 0 aromatic rings. The summed E-state index contributed by atoms with van der Waals surface area (Å²) in [5.74, 6) is 0.918. The summed E-state index contributed by atoms with van der Waals surface area (Å²) in [6.45, 7) is 4.64. The Morgan fingerprint density at radius 3 is 2.19 bits per heavy atom. The minimum Gasteiger partial charge on any atom is -0.325 e. The highest BCUT2D eigenvalue weighted by Gasteiger charge is 2.29. The highest BCUT2D eigenvalue weighted by Crippen LogP contribution is 2.33. The van der Waals surface area contributed by atoms with Crippen LogP contribution in [0.5, 0.6) is 0 Å². The molecule has 0 amide bonds. The van der Waals surface area contributed by atoms with E-state index in [4.69, 9.17) is 5.73 Å². The quantitative estimate of drug-likeness (QED) is 0.627. The molecule has 16 heavy (non-hydrogen) atoms. The van der Waals surface area contributed by atoms with Gasteiger partial charge in [-0.3, -0.25) is 0 Å². The van der Waals surface area contributed by atoms with Crippen molar-refractivity contribution < 1.29 is 0 Å². The second kappa shape index (κ2) is 7.32. The van der Waals surface area contributed by atoms with E-state index in [1.54, 1.807) is 0 Å². The molecule has 0 bridgehead atoms. The van der Waals surface area contributed by atoms with Gasteiger partial charge in [-0.05, 0) is 38.0 Å². The van der Waals surface area contributed by atoms with Gasteiger partial charge in [0.2, 0.25) is 0 Å². The van der Waals surface area contributed by atoms with Crippen LogP contribution in [0.1, 0.15) is 84.5 Å². The molecular formula is C15H31N. The lowest BCUT2D eigenvalue weighted by Gasteiger charge is -2.36. The monoisotopic (exact) mass is 225 g/mol. The molecule has 1 aliphatic rings. The van der Waals surface area contributed by atoms with Crippen molar-refractivity contribution in [3.8, 4) is 0 Å². The van der Waals surface area contributed by atoms with E-state index in [0.717, 1.165) is 5.92 Å². The summed E-state index contributed by atoms with van der Waals surface area (Å²) in [5, 5.41) is 0. The Hall–Kier alpha value is -0.0400. The molecule has 1 fully saturated rings. The van der Waals surface area contributed by atoms with E-state index in [0.29, 0.717) is 0 Å². The Labute approximate surface area is 102 Å². The van der Waals surface area contributed by atoms with Crippen molar-refractivity contribution in [1.82, 2.24) is 0 Å². The zero-order valence-electron chi connectivity index (χ0n) is 11.4. The van der Waals surface area contributed by atoms with Gasteiger partial charge in [0.1, 0.15) is 0 Å². The summed E-state index contributed by atoms with van der Waals surface area (Å²) in [6, 6.07) is 0. The van der Waals surface area contributed by atoms with Crippen molar-refractivity contribution in [2.24, 2.45) is 11.7 Å². The first-order valence-corrected chi connectivity index (χ1v) is 7.45. The summed E-state index contributed by atoms with van der Waals surface area (Å²) < 4.78 is 0. The van der Waals surface area contributed by atoms with Crippen LogP contribution >= 0.6 is 0 Å². The summed E-state index contributed by atoms with van der Waals surface area (Å²) in [7, 11) is 0. The van der Waals surface area contributed by atoms with Crippen LogP contribution in [0.25, 0.3) is 0 Å². The molecule has 1 aliphatic carbocycles. The summed E-state index contributed by atoms with van der Waals surface area (Å²) in [6.07, 6.45) is 14.9. The predicted molar refractivity (Wildman–Crippen MR) is 72.5 cm³/mol. The third kappa shape index (κ3) is 5.34. The maximum atomic E-state index is 6.46. The first-order valence-electron chi connectivity index (χ1n) is 7.45. The van der Waals surface area contributed by atoms with Crippen molar-refractivity contribution in [3.63, 3.8) is 0 Å². The third-order valence-electron chi connectivity index (χ3n) is 4.30. The average molecular weight is 225 g/mol. The molecule has 0 atom stereocenters. The molecule has 0 unspecified atom stereocenters. The molecule has 0 aromatic carbocycles. The van der Waals surface area contributed by atoms with E-state index in [1.165, 1.54) is 70.6 Å². The van der Waals surface area contributed by atoms with Gasteiger partial charge < -0.3 is 5.73 Å².